The number of aromatic nitrogens is 2. The molecule has 33 heavy (non-hydrogen) atoms. The Morgan fingerprint density at radius 1 is 1.15 bits per heavy atom. The zero-order valence-corrected chi connectivity index (χ0v) is 19.2. The second kappa shape index (κ2) is 9.07. The average Bonchev–Trinajstić information content (AvgIpc) is 3.06. The zero-order valence-electron chi connectivity index (χ0n) is 18.5. The average molecular weight is 467 g/mol. The van der Waals surface area contributed by atoms with Crippen molar-refractivity contribution in [3.05, 3.63) is 76.1 Å². The molecule has 170 valence electrons. The number of para-hydroxylation sites is 2. The van der Waals surface area contributed by atoms with Gasteiger partial charge in [-0.15, -0.1) is 0 Å². The van der Waals surface area contributed by atoms with Crippen LogP contribution in [0.5, 0.6) is 0 Å². The standard InChI is InChI=1S/C24H23ClN4O4/c1-14-8-10-17(11-9-14)12-29-22(25)21(15(2)27-29)24(32)33-16(3)23(31)28-13-20(30)26-18-6-4-5-7-19(18)28/h4-11,16H,12-13H2,1-3H3,(H,26,30)/t16-/m1/s1. The zero-order chi connectivity index (χ0) is 23.7. The third-order valence-electron chi connectivity index (χ3n) is 5.39. The number of ether oxygens (including phenoxy) is 1. The molecule has 4 rings (SSSR count). The lowest BCUT2D eigenvalue weighted by Crippen LogP contribution is -2.47. The number of amides is 2. The molecule has 2 aromatic carbocycles. The van der Waals surface area contributed by atoms with Crippen LogP contribution in [0.3, 0.4) is 0 Å². The molecule has 1 aromatic heterocycles. The van der Waals surface area contributed by atoms with Crippen LogP contribution in [0.25, 0.3) is 0 Å². The van der Waals surface area contributed by atoms with E-state index in [0.717, 1.165) is 11.1 Å². The Labute approximate surface area is 196 Å². The summed E-state index contributed by atoms with van der Waals surface area (Å²) in [5, 5.41) is 7.23. The lowest BCUT2D eigenvalue weighted by Gasteiger charge is -2.30. The number of fused-ring (bicyclic) bond motifs is 1. The predicted octanol–water partition coefficient (Wildman–Crippen LogP) is 3.73. The van der Waals surface area contributed by atoms with Gasteiger partial charge in [-0.2, -0.15) is 5.10 Å². The summed E-state index contributed by atoms with van der Waals surface area (Å²) >= 11 is 6.45. The number of carbonyl (C=O) groups excluding carboxylic acids is 3. The molecule has 2 heterocycles. The fourth-order valence-electron chi connectivity index (χ4n) is 3.68. The summed E-state index contributed by atoms with van der Waals surface area (Å²) in [7, 11) is 0. The lowest BCUT2D eigenvalue weighted by atomic mass is 10.1. The van der Waals surface area contributed by atoms with Gasteiger partial charge >= 0.3 is 5.97 Å². The lowest BCUT2D eigenvalue weighted by molar-refractivity contribution is -0.128. The number of halogens is 1. The van der Waals surface area contributed by atoms with Gasteiger partial charge in [-0.25, -0.2) is 9.48 Å². The van der Waals surface area contributed by atoms with E-state index in [1.165, 1.54) is 16.5 Å². The van der Waals surface area contributed by atoms with Crippen molar-refractivity contribution in [2.45, 2.75) is 33.4 Å². The highest BCUT2D eigenvalue weighted by Gasteiger charge is 2.32. The number of nitrogens with zero attached hydrogens (tertiary/aromatic N) is 3. The van der Waals surface area contributed by atoms with Gasteiger partial charge in [-0.3, -0.25) is 14.5 Å². The van der Waals surface area contributed by atoms with Crippen LogP contribution in [0.1, 0.15) is 34.1 Å². The number of hydrogen-bond acceptors (Lipinski definition) is 5. The molecule has 9 heteroatoms. The van der Waals surface area contributed by atoms with Crippen LogP contribution in [-0.4, -0.2) is 40.2 Å². The molecular formula is C24H23ClN4O4. The van der Waals surface area contributed by atoms with Gasteiger partial charge in [0.25, 0.3) is 5.91 Å². The summed E-state index contributed by atoms with van der Waals surface area (Å²) in [6, 6.07) is 14.9. The van der Waals surface area contributed by atoms with E-state index in [2.05, 4.69) is 10.4 Å². The minimum atomic E-state index is -1.13. The van der Waals surface area contributed by atoms with E-state index in [1.807, 2.05) is 31.2 Å². The Kier molecular flexibility index (Phi) is 6.20. The molecule has 3 aromatic rings. The van der Waals surface area contributed by atoms with E-state index in [9.17, 15) is 14.4 Å². The van der Waals surface area contributed by atoms with Crippen molar-refractivity contribution in [3.63, 3.8) is 0 Å². The number of nitrogens with one attached hydrogen (secondary N) is 1. The van der Waals surface area contributed by atoms with Gasteiger partial charge in [0.05, 0.1) is 23.6 Å². The third-order valence-corrected chi connectivity index (χ3v) is 5.77. The monoisotopic (exact) mass is 466 g/mol. The van der Waals surface area contributed by atoms with E-state index in [0.29, 0.717) is 23.6 Å². The Bertz CT molecular complexity index is 1240. The first-order chi connectivity index (χ1) is 15.7. The number of benzene rings is 2. The van der Waals surface area contributed by atoms with E-state index in [-0.39, 0.29) is 23.2 Å². The number of hydrogen-bond donors (Lipinski definition) is 1. The van der Waals surface area contributed by atoms with Crippen LogP contribution in [0.15, 0.2) is 48.5 Å². The smallest absolute Gasteiger partial charge is 0.343 e. The molecule has 0 aliphatic carbocycles. The number of carbonyl (C=O) groups is 3. The van der Waals surface area contributed by atoms with Gasteiger partial charge < -0.3 is 10.1 Å². The first-order valence-electron chi connectivity index (χ1n) is 10.4. The van der Waals surface area contributed by atoms with Crippen LogP contribution in [0.4, 0.5) is 11.4 Å². The molecule has 0 bridgehead atoms. The van der Waals surface area contributed by atoms with Crippen LogP contribution in [0.2, 0.25) is 5.15 Å². The summed E-state index contributed by atoms with van der Waals surface area (Å²) in [5.74, 6) is -1.58. The molecule has 0 fully saturated rings. The Balaban J connectivity index is 1.50. The van der Waals surface area contributed by atoms with Crippen LogP contribution < -0.4 is 10.2 Å². The maximum Gasteiger partial charge on any atom is 0.343 e. The molecule has 0 spiro atoms. The fraction of sp³-hybridized carbons (Fsp3) is 0.250. The minimum Gasteiger partial charge on any atom is -0.449 e. The van der Waals surface area contributed by atoms with Gasteiger partial charge in [-0.1, -0.05) is 53.6 Å². The molecule has 8 nitrogen and oxygen atoms in total. The molecule has 1 N–H and O–H groups in total. The van der Waals surface area contributed by atoms with E-state index in [1.54, 1.807) is 31.2 Å². The minimum absolute atomic E-state index is 0.111. The van der Waals surface area contributed by atoms with Crippen molar-refractivity contribution in [2.24, 2.45) is 0 Å². The van der Waals surface area contributed by atoms with Gasteiger partial charge in [-0.05, 0) is 38.5 Å². The summed E-state index contributed by atoms with van der Waals surface area (Å²) in [6.45, 7) is 5.36. The summed E-state index contributed by atoms with van der Waals surface area (Å²) in [4.78, 5) is 39.3. The highest BCUT2D eigenvalue weighted by molar-refractivity contribution is 6.32. The van der Waals surface area contributed by atoms with Crippen molar-refractivity contribution in [1.82, 2.24) is 9.78 Å². The Morgan fingerprint density at radius 2 is 1.85 bits per heavy atom. The normalized spacial score (nSPS) is 13.8. The van der Waals surface area contributed by atoms with Gasteiger partial charge in [0.2, 0.25) is 5.91 Å². The van der Waals surface area contributed by atoms with Crippen molar-refractivity contribution in [1.29, 1.82) is 0 Å². The first kappa shape index (κ1) is 22.5. The molecule has 1 aliphatic heterocycles. The SMILES string of the molecule is Cc1ccc(Cn2nc(C)c(C(=O)O[C@H](C)C(=O)N3CC(=O)Nc4ccccc43)c2Cl)cc1. The largest absolute Gasteiger partial charge is 0.449 e. The van der Waals surface area contributed by atoms with Crippen LogP contribution >= 0.6 is 11.6 Å². The highest BCUT2D eigenvalue weighted by Crippen LogP contribution is 2.30. The second-order valence-corrected chi connectivity index (χ2v) is 8.29. The number of esters is 1. The van der Waals surface area contributed by atoms with Crippen LogP contribution in [-0.2, 0) is 20.9 Å². The maximum atomic E-state index is 13.0. The first-order valence-corrected chi connectivity index (χ1v) is 10.8. The maximum absolute atomic E-state index is 13.0. The Morgan fingerprint density at radius 3 is 2.58 bits per heavy atom. The van der Waals surface area contributed by atoms with E-state index in [4.69, 9.17) is 16.3 Å². The third kappa shape index (κ3) is 4.61. The highest BCUT2D eigenvalue weighted by atomic mass is 35.5. The molecule has 0 radical (unpaired) electrons. The van der Waals surface area contributed by atoms with Crippen molar-refractivity contribution in [3.8, 4) is 0 Å². The van der Waals surface area contributed by atoms with E-state index < -0.39 is 18.0 Å². The number of aryl methyl sites for hydroxylation is 2. The molecule has 0 saturated carbocycles. The fourth-order valence-corrected chi connectivity index (χ4v) is 3.99. The second-order valence-electron chi connectivity index (χ2n) is 7.93. The van der Waals surface area contributed by atoms with Crippen molar-refractivity contribution >= 4 is 40.8 Å². The van der Waals surface area contributed by atoms with Gasteiger partial charge in [0.15, 0.2) is 6.10 Å². The number of anilines is 2. The molecule has 0 unspecified atom stereocenters. The van der Waals surface area contributed by atoms with Gasteiger partial charge in [0, 0.05) is 0 Å². The molecule has 2 amide bonds. The molecule has 1 aliphatic rings. The predicted molar refractivity (Wildman–Crippen MR) is 125 cm³/mol. The topological polar surface area (TPSA) is 93.5 Å². The summed E-state index contributed by atoms with van der Waals surface area (Å²) < 4.78 is 6.97. The molecular weight excluding hydrogens is 444 g/mol. The number of rotatable bonds is 5. The van der Waals surface area contributed by atoms with E-state index >= 15 is 0 Å². The van der Waals surface area contributed by atoms with Crippen molar-refractivity contribution < 1.29 is 19.1 Å². The van der Waals surface area contributed by atoms with Gasteiger partial charge in [0.1, 0.15) is 17.3 Å². The summed E-state index contributed by atoms with van der Waals surface area (Å²) in [6.07, 6.45) is -1.13. The van der Waals surface area contributed by atoms with Crippen molar-refractivity contribution in [2.75, 3.05) is 16.8 Å². The quantitative estimate of drug-likeness (QED) is 0.578. The molecule has 1 atom stereocenters. The molecule has 0 saturated heterocycles. The van der Waals surface area contributed by atoms with Crippen LogP contribution in [0, 0.1) is 13.8 Å². The Hall–Kier alpha value is -3.65. The summed E-state index contributed by atoms with van der Waals surface area (Å²) in [5.41, 5.74) is 3.70.